The van der Waals surface area contributed by atoms with Crippen molar-refractivity contribution in [2.24, 2.45) is 0 Å². The van der Waals surface area contributed by atoms with Crippen LogP contribution < -0.4 is 15.6 Å². The number of aromatic nitrogens is 3. The highest BCUT2D eigenvalue weighted by Crippen LogP contribution is 2.12. The van der Waals surface area contributed by atoms with Crippen LogP contribution in [0.2, 0.25) is 0 Å². The Hall–Kier alpha value is -2.22. The lowest BCUT2D eigenvalue weighted by Gasteiger charge is -2.11. The molecule has 7 nitrogen and oxygen atoms in total. The van der Waals surface area contributed by atoms with Crippen molar-refractivity contribution >= 4 is 17.4 Å². The average Bonchev–Trinajstić information content (AvgIpc) is 2.98. The second kappa shape index (κ2) is 7.87. The number of aryl methyl sites for hydroxylation is 2. The number of hydrogen-bond acceptors (Lipinski definition) is 6. The molecule has 0 bridgehead atoms. The largest absolute Gasteiger partial charge is 0.496 e. The number of hydrogen-bond donors (Lipinski definition) is 1. The lowest BCUT2D eigenvalue weighted by atomic mass is 10.2. The summed E-state index contributed by atoms with van der Waals surface area (Å²) in [6.45, 7) is 4.61. The highest BCUT2D eigenvalue weighted by atomic mass is 32.1. The van der Waals surface area contributed by atoms with E-state index in [0.717, 1.165) is 35.8 Å². The van der Waals surface area contributed by atoms with E-state index >= 15 is 0 Å². The summed E-state index contributed by atoms with van der Waals surface area (Å²) in [4.78, 5) is 24.7. The average molecular weight is 336 g/mol. The normalized spacial score (nSPS) is 10.6. The Kier molecular flexibility index (Phi) is 5.86. The van der Waals surface area contributed by atoms with Gasteiger partial charge in [-0.05, 0) is 30.9 Å². The van der Waals surface area contributed by atoms with E-state index in [1.54, 1.807) is 10.6 Å². The molecule has 2 rings (SSSR count). The molecule has 0 radical (unpaired) electrons. The van der Waals surface area contributed by atoms with Crippen LogP contribution in [0.3, 0.4) is 0 Å². The molecule has 0 saturated heterocycles. The number of rotatable bonds is 7. The van der Waals surface area contributed by atoms with E-state index in [9.17, 15) is 9.59 Å². The first-order valence-corrected chi connectivity index (χ1v) is 8.19. The van der Waals surface area contributed by atoms with Gasteiger partial charge < -0.3 is 14.6 Å². The Balaban J connectivity index is 1.98. The Morgan fingerprint density at radius 3 is 2.87 bits per heavy atom. The van der Waals surface area contributed by atoms with Crippen LogP contribution in [0.25, 0.3) is 0 Å². The maximum atomic E-state index is 12.2. The van der Waals surface area contributed by atoms with Crippen LogP contribution in [0.5, 0.6) is 5.75 Å². The standard InChI is InChI=1S/C15H20N4O3S/c1-4-5-12-14(23-18-17-12)15(21)16-6-7-19-10(2)8-11(22-3)9-13(19)20/h8-9H,4-7H2,1-3H3,(H,16,21). The monoisotopic (exact) mass is 336 g/mol. The van der Waals surface area contributed by atoms with E-state index in [1.807, 2.05) is 13.8 Å². The van der Waals surface area contributed by atoms with E-state index in [1.165, 1.54) is 13.2 Å². The highest BCUT2D eigenvalue weighted by Gasteiger charge is 2.15. The molecule has 2 heterocycles. The van der Waals surface area contributed by atoms with E-state index in [-0.39, 0.29) is 11.5 Å². The predicted molar refractivity (Wildman–Crippen MR) is 88.2 cm³/mol. The van der Waals surface area contributed by atoms with E-state index in [4.69, 9.17) is 4.74 Å². The zero-order valence-electron chi connectivity index (χ0n) is 13.5. The minimum absolute atomic E-state index is 0.151. The number of carbonyl (C=O) groups excluding carboxylic acids is 1. The van der Waals surface area contributed by atoms with Gasteiger partial charge in [-0.25, -0.2) is 0 Å². The molecule has 1 amide bonds. The molecule has 0 fully saturated rings. The van der Waals surface area contributed by atoms with Gasteiger partial charge in [0, 0.05) is 24.8 Å². The van der Waals surface area contributed by atoms with Crippen molar-refractivity contribution < 1.29 is 9.53 Å². The molecule has 2 aromatic heterocycles. The lowest BCUT2D eigenvalue weighted by molar-refractivity contribution is 0.0955. The third-order valence-electron chi connectivity index (χ3n) is 3.41. The van der Waals surface area contributed by atoms with E-state index < -0.39 is 0 Å². The number of nitrogens with zero attached hydrogens (tertiary/aromatic N) is 3. The molecule has 0 aromatic carbocycles. The number of methoxy groups -OCH3 is 1. The number of ether oxygens (including phenoxy) is 1. The number of nitrogens with one attached hydrogen (secondary N) is 1. The van der Waals surface area contributed by atoms with Crippen molar-refractivity contribution in [1.29, 1.82) is 0 Å². The fourth-order valence-corrected chi connectivity index (χ4v) is 2.87. The molecular weight excluding hydrogens is 316 g/mol. The molecule has 0 aliphatic carbocycles. The summed E-state index contributed by atoms with van der Waals surface area (Å²) in [5.41, 5.74) is 1.37. The van der Waals surface area contributed by atoms with Gasteiger partial charge in [0.1, 0.15) is 10.6 Å². The van der Waals surface area contributed by atoms with Gasteiger partial charge in [-0.15, -0.1) is 5.10 Å². The summed E-state index contributed by atoms with van der Waals surface area (Å²) in [5, 5.41) is 6.80. The molecule has 23 heavy (non-hydrogen) atoms. The van der Waals surface area contributed by atoms with Crippen LogP contribution in [0.1, 0.15) is 34.4 Å². The third-order valence-corrected chi connectivity index (χ3v) is 4.18. The van der Waals surface area contributed by atoms with Crippen LogP contribution in [0.15, 0.2) is 16.9 Å². The molecule has 0 aliphatic rings. The maximum absolute atomic E-state index is 12.2. The second-order valence-corrected chi connectivity index (χ2v) is 5.84. The highest BCUT2D eigenvalue weighted by molar-refractivity contribution is 7.08. The topological polar surface area (TPSA) is 86.1 Å². The predicted octanol–water partition coefficient (Wildman–Crippen LogP) is 1.40. The first-order valence-electron chi connectivity index (χ1n) is 7.41. The maximum Gasteiger partial charge on any atom is 0.265 e. The summed E-state index contributed by atoms with van der Waals surface area (Å²) in [5.74, 6) is 0.343. The summed E-state index contributed by atoms with van der Waals surface area (Å²) >= 11 is 1.10. The van der Waals surface area contributed by atoms with E-state index in [2.05, 4.69) is 14.9 Å². The van der Waals surface area contributed by atoms with Crippen LogP contribution in [-0.4, -0.2) is 33.7 Å². The van der Waals surface area contributed by atoms with Gasteiger partial charge >= 0.3 is 0 Å². The lowest BCUT2D eigenvalue weighted by Crippen LogP contribution is -2.31. The number of carbonyl (C=O) groups is 1. The smallest absolute Gasteiger partial charge is 0.265 e. The summed E-state index contributed by atoms with van der Waals surface area (Å²) in [6.07, 6.45) is 1.64. The minimum atomic E-state index is -0.192. The van der Waals surface area contributed by atoms with Crippen molar-refractivity contribution in [2.45, 2.75) is 33.2 Å². The van der Waals surface area contributed by atoms with Crippen molar-refractivity contribution in [3.05, 3.63) is 38.8 Å². The fraction of sp³-hybridized carbons (Fsp3) is 0.467. The van der Waals surface area contributed by atoms with Crippen LogP contribution >= 0.6 is 11.5 Å². The zero-order chi connectivity index (χ0) is 16.8. The molecule has 8 heteroatoms. The van der Waals surface area contributed by atoms with Gasteiger partial charge in [-0.2, -0.15) is 0 Å². The fourth-order valence-electron chi connectivity index (χ4n) is 2.25. The molecule has 124 valence electrons. The van der Waals surface area contributed by atoms with Gasteiger partial charge in [0.25, 0.3) is 11.5 Å². The van der Waals surface area contributed by atoms with Crippen molar-refractivity contribution in [1.82, 2.24) is 19.5 Å². The summed E-state index contributed by atoms with van der Waals surface area (Å²) in [7, 11) is 1.52. The molecule has 0 saturated carbocycles. The molecule has 2 aromatic rings. The first-order chi connectivity index (χ1) is 11.1. The van der Waals surface area contributed by atoms with Gasteiger partial charge in [0.05, 0.1) is 12.8 Å². The van der Waals surface area contributed by atoms with Gasteiger partial charge in [-0.3, -0.25) is 9.59 Å². The Bertz CT molecular complexity index is 739. The quantitative estimate of drug-likeness (QED) is 0.826. The second-order valence-electron chi connectivity index (χ2n) is 5.08. The Labute approximate surface area is 138 Å². The molecule has 0 aliphatic heterocycles. The minimum Gasteiger partial charge on any atom is -0.496 e. The van der Waals surface area contributed by atoms with Crippen molar-refractivity contribution in [3.63, 3.8) is 0 Å². The Morgan fingerprint density at radius 1 is 1.43 bits per heavy atom. The summed E-state index contributed by atoms with van der Waals surface area (Å²) in [6, 6.07) is 3.22. The molecule has 1 N–H and O–H groups in total. The number of amides is 1. The first kappa shape index (κ1) is 17.1. The SMILES string of the molecule is CCCc1nnsc1C(=O)NCCn1c(C)cc(OC)cc1=O. The van der Waals surface area contributed by atoms with Crippen molar-refractivity contribution in [2.75, 3.05) is 13.7 Å². The van der Waals surface area contributed by atoms with Gasteiger partial charge in [0.2, 0.25) is 0 Å². The Morgan fingerprint density at radius 2 is 2.22 bits per heavy atom. The molecular formula is C15H20N4O3S. The van der Waals surface area contributed by atoms with Crippen molar-refractivity contribution in [3.8, 4) is 5.75 Å². The van der Waals surface area contributed by atoms with Gasteiger partial charge in [0.15, 0.2) is 0 Å². The molecule has 0 unspecified atom stereocenters. The van der Waals surface area contributed by atoms with Gasteiger partial charge in [-0.1, -0.05) is 17.8 Å². The van der Waals surface area contributed by atoms with E-state index in [0.29, 0.717) is 23.7 Å². The number of pyridine rings is 1. The summed E-state index contributed by atoms with van der Waals surface area (Å²) < 4.78 is 10.5. The van der Waals surface area contributed by atoms with Crippen LogP contribution in [0, 0.1) is 6.92 Å². The van der Waals surface area contributed by atoms with Crippen LogP contribution in [-0.2, 0) is 13.0 Å². The van der Waals surface area contributed by atoms with Crippen LogP contribution in [0.4, 0.5) is 0 Å². The third kappa shape index (κ3) is 4.16. The zero-order valence-corrected chi connectivity index (χ0v) is 14.3. The molecule has 0 atom stereocenters. The molecule has 0 spiro atoms.